The summed E-state index contributed by atoms with van der Waals surface area (Å²) in [6.45, 7) is 4.85. The molecule has 11 rings (SSSR count). The van der Waals surface area contributed by atoms with Crippen LogP contribution in [-0.4, -0.2) is 4.57 Å². The van der Waals surface area contributed by atoms with Crippen LogP contribution in [0.25, 0.3) is 72.0 Å². The summed E-state index contributed by atoms with van der Waals surface area (Å²) in [7, 11) is 0. The zero-order chi connectivity index (χ0) is 35.3. The normalized spacial score (nSPS) is 13.2. The molecule has 53 heavy (non-hydrogen) atoms. The highest BCUT2D eigenvalue weighted by Crippen LogP contribution is 2.61. The minimum absolute atomic E-state index is 0.260. The zero-order valence-corrected chi connectivity index (χ0v) is 29.7. The van der Waals surface area contributed by atoms with E-state index in [0.717, 1.165) is 11.4 Å². The Morgan fingerprint density at radius 3 is 1.66 bits per heavy atom. The number of hydrogen-bond donors (Lipinski definition) is 0. The van der Waals surface area contributed by atoms with Crippen molar-refractivity contribution in [3.8, 4) is 50.2 Å². The quantitative estimate of drug-likeness (QED) is 0.176. The molecular weight excluding hydrogens is 641 g/mol. The SMILES string of the molecule is CC1(C)c2cccc3c2-c2c1c(N(c1ccc(-c4ccccc4)cc1)c1ccc(-c4ccccc4)cc1)cc1c4ccccc4n(c21)-c1ccccc1-3. The van der Waals surface area contributed by atoms with Gasteiger partial charge in [0.1, 0.15) is 0 Å². The molecule has 0 atom stereocenters. The molecule has 2 nitrogen and oxygen atoms in total. The second kappa shape index (κ2) is 11.2. The second-order valence-corrected chi connectivity index (χ2v) is 14.9. The monoisotopic (exact) mass is 676 g/mol. The van der Waals surface area contributed by atoms with Gasteiger partial charge in [0, 0.05) is 38.7 Å². The molecule has 1 aromatic heterocycles. The summed E-state index contributed by atoms with van der Waals surface area (Å²) in [4.78, 5) is 2.51. The molecule has 250 valence electrons. The highest BCUT2D eigenvalue weighted by atomic mass is 15.1. The Hall–Kier alpha value is -6.64. The highest BCUT2D eigenvalue weighted by Gasteiger charge is 2.44. The minimum atomic E-state index is -0.260. The van der Waals surface area contributed by atoms with Gasteiger partial charge >= 0.3 is 0 Å². The first-order valence-corrected chi connectivity index (χ1v) is 18.5. The lowest BCUT2D eigenvalue weighted by molar-refractivity contribution is 0.661. The van der Waals surface area contributed by atoms with Gasteiger partial charge in [-0.25, -0.2) is 0 Å². The lowest BCUT2D eigenvalue weighted by atomic mass is 9.80. The average Bonchev–Trinajstić information content (AvgIpc) is 3.62. The van der Waals surface area contributed by atoms with Gasteiger partial charge in [-0.3, -0.25) is 0 Å². The van der Waals surface area contributed by atoms with E-state index in [4.69, 9.17) is 0 Å². The Morgan fingerprint density at radius 2 is 1.00 bits per heavy atom. The van der Waals surface area contributed by atoms with Crippen molar-refractivity contribution in [1.82, 2.24) is 4.57 Å². The van der Waals surface area contributed by atoms with Crippen molar-refractivity contribution < 1.29 is 0 Å². The molecule has 9 aromatic rings. The molecule has 1 aliphatic carbocycles. The first-order valence-electron chi connectivity index (χ1n) is 18.5. The van der Waals surface area contributed by atoms with Crippen LogP contribution in [0.15, 0.2) is 182 Å². The van der Waals surface area contributed by atoms with Gasteiger partial charge in [-0.1, -0.05) is 153 Å². The third-order valence-corrected chi connectivity index (χ3v) is 11.7. The van der Waals surface area contributed by atoms with Crippen molar-refractivity contribution in [3.63, 3.8) is 0 Å². The summed E-state index contributed by atoms with van der Waals surface area (Å²) in [5.41, 5.74) is 19.9. The first kappa shape index (κ1) is 30.0. The van der Waals surface area contributed by atoms with Crippen molar-refractivity contribution in [1.29, 1.82) is 0 Å². The number of rotatable bonds is 5. The van der Waals surface area contributed by atoms with Crippen LogP contribution in [0.5, 0.6) is 0 Å². The Kier molecular flexibility index (Phi) is 6.33. The van der Waals surface area contributed by atoms with Gasteiger partial charge in [0.25, 0.3) is 0 Å². The van der Waals surface area contributed by atoms with Crippen LogP contribution in [0, 0.1) is 0 Å². The number of aromatic nitrogens is 1. The third kappa shape index (κ3) is 4.27. The van der Waals surface area contributed by atoms with E-state index in [1.54, 1.807) is 0 Å². The van der Waals surface area contributed by atoms with Crippen molar-refractivity contribution in [2.45, 2.75) is 19.3 Å². The van der Waals surface area contributed by atoms with Gasteiger partial charge in [0.05, 0.1) is 22.4 Å². The zero-order valence-electron chi connectivity index (χ0n) is 29.7. The molecule has 0 amide bonds. The number of benzene rings is 8. The molecule has 2 aliphatic rings. The molecule has 1 aliphatic heterocycles. The summed E-state index contributed by atoms with van der Waals surface area (Å²) in [6.07, 6.45) is 0. The number of anilines is 3. The summed E-state index contributed by atoms with van der Waals surface area (Å²) in [5.74, 6) is 0. The summed E-state index contributed by atoms with van der Waals surface area (Å²) >= 11 is 0. The van der Waals surface area contributed by atoms with Gasteiger partial charge in [-0.05, 0) is 87.0 Å². The van der Waals surface area contributed by atoms with Crippen LogP contribution in [0.4, 0.5) is 17.1 Å². The van der Waals surface area contributed by atoms with Crippen LogP contribution in [0.2, 0.25) is 0 Å². The Bertz CT molecular complexity index is 2800. The van der Waals surface area contributed by atoms with Crippen molar-refractivity contribution >= 4 is 38.9 Å². The van der Waals surface area contributed by atoms with Gasteiger partial charge in [0.2, 0.25) is 0 Å². The second-order valence-electron chi connectivity index (χ2n) is 14.9. The van der Waals surface area contributed by atoms with E-state index >= 15 is 0 Å². The van der Waals surface area contributed by atoms with E-state index in [-0.39, 0.29) is 5.41 Å². The van der Waals surface area contributed by atoms with E-state index in [1.165, 1.54) is 88.8 Å². The number of fused-ring (bicyclic) bond motifs is 6. The molecule has 0 N–H and O–H groups in total. The van der Waals surface area contributed by atoms with Crippen molar-refractivity contribution in [2.75, 3.05) is 4.90 Å². The van der Waals surface area contributed by atoms with E-state index < -0.39 is 0 Å². The molecular formula is C51H36N2. The fourth-order valence-electron chi connectivity index (χ4n) is 9.31. The summed E-state index contributed by atoms with van der Waals surface area (Å²) in [6, 6.07) is 66.9. The molecule has 0 spiro atoms. The van der Waals surface area contributed by atoms with E-state index in [9.17, 15) is 0 Å². The average molecular weight is 677 g/mol. The molecule has 0 bridgehead atoms. The predicted octanol–water partition coefficient (Wildman–Crippen LogP) is 13.9. The number of hydrogen-bond acceptors (Lipinski definition) is 1. The summed E-state index contributed by atoms with van der Waals surface area (Å²) < 4.78 is 2.54. The van der Waals surface area contributed by atoms with Crippen LogP contribution in [0.1, 0.15) is 25.0 Å². The van der Waals surface area contributed by atoms with Crippen LogP contribution in [0.3, 0.4) is 0 Å². The fourth-order valence-corrected chi connectivity index (χ4v) is 9.31. The Morgan fingerprint density at radius 1 is 0.453 bits per heavy atom. The molecule has 0 saturated heterocycles. The maximum Gasteiger partial charge on any atom is 0.0624 e. The fraction of sp³-hybridized carbons (Fsp3) is 0.0588. The van der Waals surface area contributed by atoms with Crippen molar-refractivity contribution in [2.24, 2.45) is 0 Å². The van der Waals surface area contributed by atoms with Gasteiger partial charge in [0.15, 0.2) is 0 Å². The van der Waals surface area contributed by atoms with E-state index in [0.29, 0.717) is 0 Å². The molecule has 2 heterocycles. The largest absolute Gasteiger partial charge is 0.310 e. The molecule has 0 fully saturated rings. The van der Waals surface area contributed by atoms with Gasteiger partial charge < -0.3 is 9.47 Å². The highest BCUT2D eigenvalue weighted by molar-refractivity contribution is 6.20. The molecule has 8 aromatic carbocycles. The van der Waals surface area contributed by atoms with Crippen LogP contribution in [-0.2, 0) is 5.41 Å². The standard InChI is InChI=1S/C51H36N2/c1-51(2)43-21-13-20-41-39-18-9-11-22-44(39)53-45-23-12-10-19-40(45)42-32-46(49(51)48(47(41)43)50(42)53)52(37-28-24-35(25-29-37)33-14-5-3-6-15-33)38-30-26-36(27-31-38)34-16-7-4-8-17-34/h3-32H,1-2H3. The molecule has 0 saturated carbocycles. The predicted molar refractivity (Wildman–Crippen MR) is 223 cm³/mol. The maximum atomic E-state index is 2.54. The maximum absolute atomic E-state index is 2.54. The lowest BCUT2D eigenvalue weighted by Gasteiger charge is -2.33. The third-order valence-electron chi connectivity index (χ3n) is 11.7. The molecule has 0 radical (unpaired) electrons. The van der Waals surface area contributed by atoms with Gasteiger partial charge in [-0.15, -0.1) is 0 Å². The smallest absolute Gasteiger partial charge is 0.0624 e. The molecule has 2 heteroatoms. The van der Waals surface area contributed by atoms with E-state index in [2.05, 4.69) is 205 Å². The number of para-hydroxylation sites is 2. The van der Waals surface area contributed by atoms with Crippen LogP contribution >= 0.6 is 0 Å². The summed E-state index contributed by atoms with van der Waals surface area (Å²) in [5, 5.41) is 2.54. The topological polar surface area (TPSA) is 8.17 Å². The number of nitrogens with zero attached hydrogens (tertiary/aromatic N) is 2. The van der Waals surface area contributed by atoms with Crippen molar-refractivity contribution in [3.05, 3.63) is 193 Å². The van der Waals surface area contributed by atoms with Crippen LogP contribution < -0.4 is 4.90 Å². The van der Waals surface area contributed by atoms with Gasteiger partial charge in [-0.2, -0.15) is 0 Å². The molecule has 0 unspecified atom stereocenters. The minimum Gasteiger partial charge on any atom is -0.310 e. The van der Waals surface area contributed by atoms with E-state index in [1.807, 2.05) is 0 Å². The lowest BCUT2D eigenvalue weighted by Crippen LogP contribution is -2.21. The first-order chi connectivity index (χ1) is 26.1. The Labute approximate surface area is 309 Å². The Balaban J connectivity index is 1.24.